The second-order valence-electron chi connectivity index (χ2n) is 5.06. The second kappa shape index (κ2) is 5.11. The van der Waals surface area contributed by atoms with Crippen LogP contribution in [0.25, 0.3) is 11.0 Å². The number of imidazole rings is 1. The molecule has 3 rings (SSSR count). The first kappa shape index (κ1) is 14.0. The molecule has 1 N–H and O–H groups in total. The number of rotatable bonds is 2. The van der Waals surface area contributed by atoms with Crippen LogP contribution in [-0.4, -0.2) is 21.4 Å². The molecule has 1 aliphatic heterocycles. The maximum Gasteiger partial charge on any atom is 0.249 e. The third-order valence-electron chi connectivity index (χ3n) is 3.56. The minimum atomic E-state index is -0.606. The first-order valence-electron chi connectivity index (χ1n) is 6.62. The van der Waals surface area contributed by atoms with Gasteiger partial charge in [0.25, 0.3) is 0 Å². The van der Waals surface area contributed by atoms with E-state index < -0.39 is 23.1 Å². The maximum absolute atomic E-state index is 13.5. The van der Waals surface area contributed by atoms with E-state index in [0.29, 0.717) is 23.3 Å². The van der Waals surface area contributed by atoms with Gasteiger partial charge in [0.2, 0.25) is 11.8 Å². The number of benzene rings is 1. The van der Waals surface area contributed by atoms with Gasteiger partial charge in [0.15, 0.2) is 0 Å². The number of piperidine rings is 1. The molecule has 0 saturated carbocycles. The lowest BCUT2D eigenvalue weighted by atomic mass is 10.1. The lowest BCUT2D eigenvalue weighted by Gasteiger charge is -2.24. The van der Waals surface area contributed by atoms with Gasteiger partial charge in [-0.25, -0.2) is 9.37 Å². The van der Waals surface area contributed by atoms with E-state index in [0.717, 1.165) is 0 Å². The van der Waals surface area contributed by atoms with Gasteiger partial charge in [-0.05, 0) is 31.5 Å². The van der Waals surface area contributed by atoms with Gasteiger partial charge < -0.3 is 4.57 Å². The van der Waals surface area contributed by atoms with Crippen LogP contribution in [-0.2, 0) is 9.59 Å². The molecule has 2 atom stereocenters. The SMILES string of the molecule is CC(Cl)c1nc2ccc(F)cc2n1C1CCC(=O)NC1=O. The number of carbonyl (C=O) groups is 2. The van der Waals surface area contributed by atoms with E-state index in [-0.39, 0.29) is 12.3 Å². The Morgan fingerprint density at radius 3 is 2.90 bits per heavy atom. The third kappa shape index (κ3) is 2.40. The highest BCUT2D eigenvalue weighted by Gasteiger charge is 2.32. The minimum absolute atomic E-state index is 0.238. The number of hydrogen-bond acceptors (Lipinski definition) is 3. The number of alkyl halides is 1. The molecule has 7 heteroatoms. The van der Waals surface area contributed by atoms with Crippen LogP contribution in [0.15, 0.2) is 18.2 Å². The Balaban J connectivity index is 2.19. The van der Waals surface area contributed by atoms with E-state index in [2.05, 4.69) is 10.3 Å². The summed E-state index contributed by atoms with van der Waals surface area (Å²) in [4.78, 5) is 27.8. The summed E-state index contributed by atoms with van der Waals surface area (Å²) in [7, 11) is 0. The largest absolute Gasteiger partial charge is 0.314 e. The van der Waals surface area contributed by atoms with Crippen LogP contribution in [0.2, 0.25) is 0 Å². The van der Waals surface area contributed by atoms with Crippen LogP contribution in [0, 0.1) is 5.82 Å². The molecule has 0 bridgehead atoms. The molecule has 2 aromatic rings. The summed E-state index contributed by atoms with van der Waals surface area (Å²) in [5, 5.41) is 1.86. The van der Waals surface area contributed by atoms with E-state index in [4.69, 9.17) is 11.6 Å². The first-order valence-corrected chi connectivity index (χ1v) is 7.06. The van der Waals surface area contributed by atoms with Crippen molar-refractivity contribution in [3.05, 3.63) is 29.8 Å². The van der Waals surface area contributed by atoms with Crippen molar-refractivity contribution in [2.75, 3.05) is 0 Å². The smallest absolute Gasteiger partial charge is 0.249 e. The van der Waals surface area contributed by atoms with Crippen LogP contribution in [0.3, 0.4) is 0 Å². The number of amides is 2. The highest BCUT2D eigenvalue weighted by atomic mass is 35.5. The number of halogens is 2. The van der Waals surface area contributed by atoms with Gasteiger partial charge in [0.1, 0.15) is 17.7 Å². The zero-order valence-corrected chi connectivity index (χ0v) is 12.0. The Hall–Kier alpha value is -1.95. The van der Waals surface area contributed by atoms with Crippen LogP contribution in [0.4, 0.5) is 4.39 Å². The van der Waals surface area contributed by atoms with Crippen LogP contribution < -0.4 is 5.32 Å². The van der Waals surface area contributed by atoms with E-state index in [9.17, 15) is 14.0 Å². The predicted molar refractivity (Wildman–Crippen MR) is 75.4 cm³/mol. The van der Waals surface area contributed by atoms with Crippen molar-refractivity contribution in [3.8, 4) is 0 Å². The molecule has 0 radical (unpaired) electrons. The maximum atomic E-state index is 13.5. The third-order valence-corrected chi connectivity index (χ3v) is 3.75. The summed E-state index contributed by atoms with van der Waals surface area (Å²) < 4.78 is 15.2. The summed E-state index contributed by atoms with van der Waals surface area (Å²) in [6, 6.07) is 3.59. The van der Waals surface area contributed by atoms with Crippen molar-refractivity contribution < 1.29 is 14.0 Å². The van der Waals surface area contributed by atoms with Crippen LogP contribution in [0.5, 0.6) is 0 Å². The van der Waals surface area contributed by atoms with Gasteiger partial charge in [0, 0.05) is 6.42 Å². The average Bonchev–Trinajstić information content (AvgIpc) is 2.77. The number of nitrogens with zero attached hydrogens (tertiary/aromatic N) is 2. The summed E-state index contributed by atoms with van der Waals surface area (Å²) in [6.45, 7) is 1.74. The number of nitrogens with one attached hydrogen (secondary N) is 1. The van der Waals surface area contributed by atoms with E-state index in [1.54, 1.807) is 17.6 Å². The van der Waals surface area contributed by atoms with E-state index in [1.165, 1.54) is 12.1 Å². The highest BCUT2D eigenvalue weighted by molar-refractivity contribution is 6.20. The highest BCUT2D eigenvalue weighted by Crippen LogP contribution is 2.31. The fourth-order valence-electron chi connectivity index (χ4n) is 2.62. The standard InChI is InChI=1S/C14H13ClFN3O2/c1-7(15)13-17-9-3-2-8(16)6-11(9)19(13)10-4-5-12(20)18-14(10)21/h2-3,6-7,10H,4-5H2,1H3,(H,18,20,21). The minimum Gasteiger partial charge on any atom is -0.314 e. The zero-order chi connectivity index (χ0) is 15.1. The molecule has 1 saturated heterocycles. The summed E-state index contributed by atoms with van der Waals surface area (Å²) in [6.07, 6.45) is 0.588. The Labute approximate surface area is 125 Å². The summed E-state index contributed by atoms with van der Waals surface area (Å²) in [5.74, 6) is -0.628. The lowest BCUT2D eigenvalue weighted by molar-refractivity contribution is -0.135. The summed E-state index contributed by atoms with van der Waals surface area (Å²) >= 11 is 6.14. The number of hydrogen-bond donors (Lipinski definition) is 1. The first-order chi connectivity index (χ1) is 9.97. The molecule has 2 unspecified atom stereocenters. The molecule has 2 amide bonds. The molecule has 1 aromatic carbocycles. The average molecular weight is 310 g/mol. The Morgan fingerprint density at radius 1 is 1.48 bits per heavy atom. The molecule has 2 heterocycles. The number of imide groups is 1. The molecule has 1 aliphatic rings. The monoisotopic (exact) mass is 309 g/mol. The lowest BCUT2D eigenvalue weighted by Crippen LogP contribution is -2.42. The Morgan fingerprint density at radius 2 is 2.24 bits per heavy atom. The number of aromatic nitrogens is 2. The molecule has 21 heavy (non-hydrogen) atoms. The summed E-state index contributed by atoms with van der Waals surface area (Å²) in [5.41, 5.74) is 1.08. The van der Waals surface area contributed by atoms with Crippen LogP contribution in [0.1, 0.15) is 37.0 Å². The molecule has 5 nitrogen and oxygen atoms in total. The van der Waals surface area contributed by atoms with Crippen molar-refractivity contribution in [2.24, 2.45) is 0 Å². The quantitative estimate of drug-likeness (QED) is 0.684. The molecule has 0 aliphatic carbocycles. The number of fused-ring (bicyclic) bond motifs is 1. The molecule has 110 valence electrons. The van der Waals surface area contributed by atoms with Gasteiger partial charge in [-0.15, -0.1) is 11.6 Å². The van der Waals surface area contributed by atoms with E-state index in [1.807, 2.05) is 0 Å². The van der Waals surface area contributed by atoms with Gasteiger partial charge >= 0.3 is 0 Å². The molecular formula is C14H13ClFN3O2. The van der Waals surface area contributed by atoms with Gasteiger partial charge in [-0.1, -0.05) is 0 Å². The van der Waals surface area contributed by atoms with Crippen molar-refractivity contribution in [1.29, 1.82) is 0 Å². The van der Waals surface area contributed by atoms with Gasteiger partial charge in [-0.2, -0.15) is 0 Å². The number of carbonyl (C=O) groups excluding carboxylic acids is 2. The molecule has 1 fully saturated rings. The predicted octanol–water partition coefficient (Wildman–Crippen LogP) is 2.45. The molecule has 1 aromatic heterocycles. The Bertz CT molecular complexity index is 741. The zero-order valence-electron chi connectivity index (χ0n) is 11.3. The van der Waals surface area contributed by atoms with Gasteiger partial charge in [0.05, 0.1) is 16.4 Å². The fourth-order valence-corrected chi connectivity index (χ4v) is 2.78. The Kier molecular flexibility index (Phi) is 3.41. The molecule has 0 spiro atoms. The fraction of sp³-hybridized carbons (Fsp3) is 0.357. The van der Waals surface area contributed by atoms with E-state index >= 15 is 0 Å². The molecular weight excluding hydrogens is 297 g/mol. The van der Waals surface area contributed by atoms with Crippen LogP contribution >= 0.6 is 11.6 Å². The normalized spacial score (nSPS) is 20.6. The second-order valence-corrected chi connectivity index (χ2v) is 5.71. The van der Waals surface area contributed by atoms with Crippen molar-refractivity contribution in [2.45, 2.75) is 31.2 Å². The van der Waals surface area contributed by atoms with Crippen molar-refractivity contribution in [1.82, 2.24) is 14.9 Å². The topological polar surface area (TPSA) is 64.0 Å². The van der Waals surface area contributed by atoms with Gasteiger partial charge in [-0.3, -0.25) is 14.9 Å². The van der Waals surface area contributed by atoms with Crippen molar-refractivity contribution in [3.63, 3.8) is 0 Å². The van der Waals surface area contributed by atoms with Crippen molar-refractivity contribution >= 4 is 34.4 Å².